The van der Waals surface area contributed by atoms with Crippen LogP contribution in [0.5, 0.6) is 5.75 Å². The number of rotatable bonds is 9. The zero-order valence-electron chi connectivity index (χ0n) is 21.6. The smallest absolute Gasteiger partial charge is 0.344 e. The number of esters is 1. The van der Waals surface area contributed by atoms with Gasteiger partial charge in [-0.15, -0.1) is 0 Å². The maximum Gasteiger partial charge on any atom is 0.344 e. The Balaban J connectivity index is 1.48. The van der Waals surface area contributed by atoms with Gasteiger partial charge in [0.05, 0.1) is 18.1 Å². The molecule has 6 nitrogen and oxygen atoms in total. The third-order valence-electron chi connectivity index (χ3n) is 6.32. The molecule has 1 N–H and O–H groups in total. The first-order valence-electron chi connectivity index (χ1n) is 12.5. The number of benzene rings is 3. The van der Waals surface area contributed by atoms with E-state index in [4.69, 9.17) is 9.47 Å². The van der Waals surface area contributed by atoms with Crippen LogP contribution in [0.1, 0.15) is 56.9 Å². The molecule has 0 radical (unpaired) electrons. The molecule has 4 rings (SSSR count). The summed E-state index contributed by atoms with van der Waals surface area (Å²) in [4.78, 5) is 26.8. The minimum absolute atomic E-state index is 0.127. The number of β-lactam (4-membered cyclic amide) rings is 1. The minimum atomic E-state index is -0.840. The van der Waals surface area contributed by atoms with Gasteiger partial charge in [-0.2, -0.15) is 0 Å². The number of hydrogen-bond acceptors (Lipinski definition) is 5. The molecule has 0 bridgehead atoms. The quantitative estimate of drug-likeness (QED) is 0.279. The van der Waals surface area contributed by atoms with Crippen molar-refractivity contribution < 1.29 is 33.0 Å². The van der Waals surface area contributed by atoms with Crippen molar-refractivity contribution in [1.82, 2.24) is 0 Å². The summed E-state index contributed by atoms with van der Waals surface area (Å²) < 4.78 is 37.6. The number of ether oxygens (including phenoxy) is 2. The fourth-order valence-corrected chi connectivity index (χ4v) is 4.56. The maximum atomic E-state index is 13.5. The molecule has 3 unspecified atom stereocenters. The fraction of sp³-hybridized carbons (Fsp3) is 0.333. The molecule has 0 aliphatic carbocycles. The van der Waals surface area contributed by atoms with E-state index < -0.39 is 29.4 Å². The van der Waals surface area contributed by atoms with E-state index in [-0.39, 0.29) is 24.4 Å². The topological polar surface area (TPSA) is 76.1 Å². The molecule has 1 amide bonds. The number of carbonyl (C=O) groups is 2. The summed E-state index contributed by atoms with van der Waals surface area (Å²) in [5.74, 6) is -1.33. The summed E-state index contributed by atoms with van der Waals surface area (Å²) in [5, 5.41) is 10.6. The third kappa shape index (κ3) is 6.55. The van der Waals surface area contributed by atoms with E-state index in [0.717, 1.165) is 5.56 Å². The lowest BCUT2D eigenvalue weighted by atomic mass is 9.78. The first kappa shape index (κ1) is 27.3. The number of nitrogens with zero attached hydrogens (tertiary/aromatic N) is 1. The normalized spacial score (nSPS) is 18.1. The summed E-state index contributed by atoms with van der Waals surface area (Å²) in [5.41, 5.74) is 1.38. The molecule has 3 aromatic carbocycles. The largest absolute Gasteiger partial charge is 0.482 e. The van der Waals surface area contributed by atoms with Crippen molar-refractivity contribution in [3.63, 3.8) is 0 Å². The van der Waals surface area contributed by atoms with Crippen molar-refractivity contribution >= 4 is 17.6 Å². The van der Waals surface area contributed by atoms with Crippen LogP contribution in [0.15, 0.2) is 72.8 Å². The van der Waals surface area contributed by atoms with E-state index in [0.29, 0.717) is 29.8 Å². The Morgan fingerprint density at radius 1 is 0.947 bits per heavy atom. The molecule has 0 spiro atoms. The standard InChI is InChI=1S/C30H31F2NO5/c1-30(2,3)38-27(35)18-37-24-14-6-20(7-15-24)28-25(16-17-26(34)19-4-8-21(31)9-5-19)29(36)33(28)23-12-10-22(32)11-13-23/h4-15,25-26,28,34H,16-18H2,1-3H3. The highest BCUT2D eigenvalue weighted by Gasteiger charge is 2.48. The molecule has 1 heterocycles. The van der Waals surface area contributed by atoms with Gasteiger partial charge in [-0.05, 0) is 93.3 Å². The molecule has 0 saturated carbocycles. The van der Waals surface area contributed by atoms with E-state index in [2.05, 4.69) is 0 Å². The molecule has 3 aromatic rings. The monoisotopic (exact) mass is 523 g/mol. The average molecular weight is 524 g/mol. The number of anilines is 1. The molecule has 1 aliphatic heterocycles. The highest BCUT2D eigenvalue weighted by Crippen LogP contribution is 2.46. The van der Waals surface area contributed by atoms with E-state index in [1.54, 1.807) is 49.9 Å². The Kier molecular flexibility index (Phi) is 8.11. The second kappa shape index (κ2) is 11.3. The van der Waals surface area contributed by atoms with Crippen molar-refractivity contribution in [2.24, 2.45) is 5.92 Å². The summed E-state index contributed by atoms with van der Waals surface area (Å²) in [6, 6.07) is 18.1. The van der Waals surface area contributed by atoms with Crippen LogP contribution in [-0.2, 0) is 14.3 Å². The third-order valence-corrected chi connectivity index (χ3v) is 6.32. The fourth-order valence-electron chi connectivity index (χ4n) is 4.56. The van der Waals surface area contributed by atoms with Gasteiger partial charge in [0.2, 0.25) is 5.91 Å². The Bertz CT molecular complexity index is 1250. The molecule has 0 aromatic heterocycles. The molecule has 1 aliphatic rings. The second-order valence-corrected chi connectivity index (χ2v) is 10.3. The molecule has 3 atom stereocenters. The summed E-state index contributed by atoms with van der Waals surface area (Å²) in [6.45, 7) is 5.11. The summed E-state index contributed by atoms with van der Waals surface area (Å²) >= 11 is 0. The maximum absolute atomic E-state index is 13.5. The molecule has 1 fully saturated rings. The number of hydrogen-bond donors (Lipinski definition) is 1. The summed E-state index contributed by atoms with van der Waals surface area (Å²) in [7, 11) is 0. The van der Waals surface area contributed by atoms with Crippen molar-refractivity contribution in [3.05, 3.63) is 95.6 Å². The van der Waals surface area contributed by atoms with Crippen molar-refractivity contribution in [2.75, 3.05) is 11.5 Å². The van der Waals surface area contributed by atoms with Gasteiger partial charge in [0, 0.05) is 5.69 Å². The van der Waals surface area contributed by atoms with E-state index >= 15 is 0 Å². The molecule has 200 valence electrons. The first-order chi connectivity index (χ1) is 18.0. The van der Waals surface area contributed by atoms with E-state index in [1.165, 1.54) is 36.4 Å². The zero-order valence-corrected chi connectivity index (χ0v) is 21.6. The number of carbonyl (C=O) groups excluding carboxylic acids is 2. The lowest BCUT2D eigenvalue weighted by Gasteiger charge is -2.48. The Hall–Kier alpha value is -3.78. The highest BCUT2D eigenvalue weighted by molar-refractivity contribution is 6.03. The first-order valence-corrected chi connectivity index (χ1v) is 12.5. The van der Waals surface area contributed by atoms with Gasteiger partial charge in [0.15, 0.2) is 6.61 Å². The van der Waals surface area contributed by atoms with Gasteiger partial charge >= 0.3 is 5.97 Å². The van der Waals surface area contributed by atoms with Gasteiger partial charge in [0.1, 0.15) is 23.0 Å². The van der Waals surface area contributed by atoms with Crippen LogP contribution >= 0.6 is 0 Å². The van der Waals surface area contributed by atoms with E-state index in [9.17, 15) is 23.5 Å². The Morgan fingerprint density at radius 2 is 1.53 bits per heavy atom. The van der Waals surface area contributed by atoms with Gasteiger partial charge in [-0.25, -0.2) is 13.6 Å². The molecule has 8 heteroatoms. The van der Waals surface area contributed by atoms with Crippen LogP contribution in [0.3, 0.4) is 0 Å². The van der Waals surface area contributed by atoms with Crippen LogP contribution in [0.4, 0.5) is 14.5 Å². The molecular weight excluding hydrogens is 492 g/mol. The van der Waals surface area contributed by atoms with Crippen molar-refractivity contribution in [3.8, 4) is 5.75 Å². The van der Waals surface area contributed by atoms with Gasteiger partial charge in [-0.3, -0.25) is 4.79 Å². The predicted octanol–water partition coefficient (Wildman–Crippen LogP) is 5.90. The predicted molar refractivity (Wildman–Crippen MR) is 138 cm³/mol. The molecule has 38 heavy (non-hydrogen) atoms. The van der Waals surface area contributed by atoms with Gasteiger partial charge < -0.3 is 19.5 Å². The van der Waals surface area contributed by atoms with E-state index in [1.807, 2.05) is 12.1 Å². The number of aliphatic hydroxyl groups excluding tert-OH is 1. The molecular formula is C30H31F2NO5. The lowest BCUT2D eigenvalue weighted by molar-refractivity contribution is -0.157. The van der Waals surface area contributed by atoms with Crippen LogP contribution in [0.2, 0.25) is 0 Å². The molecule has 1 saturated heterocycles. The van der Waals surface area contributed by atoms with Crippen LogP contribution in [-0.4, -0.2) is 29.2 Å². The number of amides is 1. The Morgan fingerprint density at radius 3 is 2.11 bits per heavy atom. The van der Waals surface area contributed by atoms with Gasteiger partial charge in [0.25, 0.3) is 0 Å². The summed E-state index contributed by atoms with van der Waals surface area (Å²) in [6.07, 6.45) is -0.128. The second-order valence-electron chi connectivity index (χ2n) is 10.3. The van der Waals surface area contributed by atoms with Crippen molar-refractivity contribution in [2.45, 2.75) is 51.4 Å². The highest BCUT2D eigenvalue weighted by atomic mass is 19.1. The zero-order chi connectivity index (χ0) is 27.4. The SMILES string of the molecule is CC(C)(C)OC(=O)COc1ccc(C2C(CCC(O)c3ccc(F)cc3)C(=O)N2c2ccc(F)cc2)cc1. The van der Waals surface area contributed by atoms with Crippen LogP contribution < -0.4 is 9.64 Å². The minimum Gasteiger partial charge on any atom is -0.482 e. The average Bonchev–Trinajstić information content (AvgIpc) is 2.87. The number of aliphatic hydroxyl groups is 1. The lowest BCUT2D eigenvalue weighted by Crippen LogP contribution is -2.55. The Labute approximate surface area is 220 Å². The number of halogens is 2. The van der Waals surface area contributed by atoms with Crippen LogP contribution in [0.25, 0.3) is 0 Å². The van der Waals surface area contributed by atoms with Crippen molar-refractivity contribution in [1.29, 1.82) is 0 Å². The van der Waals surface area contributed by atoms with Gasteiger partial charge in [-0.1, -0.05) is 24.3 Å². The van der Waals surface area contributed by atoms with Crippen LogP contribution in [0, 0.1) is 17.6 Å².